The lowest BCUT2D eigenvalue weighted by molar-refractivity contribution is -0.148. The zero-order chi connectivity index (χ0) is 13.8. The van der Waals surface area contributed by atoms with Crippen LogP contribution in [0.4, 0.5) is 0 Å². The summed E-state index contributed by atoms with van der Waals surface area (Å²) >= 11 is 5.23. The van der Waals surface area contributed by atoms with E-state index in [-0.39, 0.29) is 5.91 Å². The van der Waals surface area contributed by atoms with E-state index in [0.29, 0.717) is 25.3 Å². The lowest BCUT2D eigenvalue weighted by atomic mass is 10.1. The Labute approximate surface area is 114 Å². The summed E-state index contributed by atoms with van der Waals surface area (Å²) in [5, 5.41) is 0. The molecule has 0 bridgehead atoms. The predicted octanol–water partition coefficient (Wildman–Crippen LogP) is 2.86. The summed E-state index contributed by atoms with van der Waals surface area (Å²) < 4.78 is 5.81. The average Bonchev–Trinajstić information content (AvgIpc) is 2.33. The summed E-state index contributed by atoms with van der Waals surface area (Å²) in [5.74, 6) is 0.628. The Kier molecular flexibility index (Phi) is 5.08. The van der Waals surface area contributed by atoms with Gasteiger partial charge in [0.15, 0.2) is 5.60 Å². The Morgan fingerprint density at radius 3 is 2.56 bits per heavy atom. The molecule has 1 aliphatic carbocycles. The molecule has 0 aromatic heterocycles. The normalized spacial score (nSPS) is 15.3. The second-order valence-electron chi connectivity index (χ2n) is 4.68. The van der Waals surface area contributed by atoms with Gasteiger partial charge < -0.3 is 9.64 Å². The van der Waals surface area contributed by atoms with Gasteiger partial charge >= 0.3 is 0 Å². The molecule has 4 heteroatoms. The molecule has 0 aromatic rings. The maximum Gasteiger partial charge on any atom is 0.266 e. The summed E-state index contributed by atoms with van der Waals surface area (Å²) in [5.41, 5.74) is -0.882. The highest BCUT2D eigenvalue weighted by Gasteiger charge is 2.34. The monoisotopic (exact) mass is 267 g/mol. The first-order valence-corrected chi connectivity index (χ1v) is 6.71. The lowest BCUT2D eigenvalue weighted by Gasteiger charge is -2.32. The number of allylic oxidation sites excluding steroid dienone is 4. The van der Waals surface area contributed by atoms with E-state index in [9.17, 15) is 4.79 Å². The van der Waals surface area contributed by atoms with Gasteiger partial charge in [-0.15, -0.1) is 0 Å². The van der Waals surface area contributed by atoms with E-state index < -0.39 is 5.60 Å². The molecule has 0 saturated heterocycles. The van der Waals surface area contributed by atoms with Crippen LogP contribution in [0.1, 0.15) is 34.1 Å². The van der Waals surface area contributed by atoms with Crippen LogP contribution >= 0.6 is 12.2 Å². The van der Waals surface area contributed by atoms with Crippen molar-refractivity contribution in [2.75, 3.05) is 13.1 Å². The van der Waals surface area contributed by atoms with Crippen molar-refractivity contribution in [1.29, 1.82) is 0 Å². The third kappa shape index (κ3) is 3.42. The van der Waals surface area contributed by atoms with Gasteiger partial charge in [-0.3, -0.25) is 4.79 Å². The van der Waals surface area contributed by atoms with Crippen LogP contribution in [-0.4, -0.2) is 34.4 Å². The van der Waals surface area contributed by atoms with Crippen LogP contribution in [0, 0.1) is 0 Å². The maximum atomic E-state index is 12.3. The van der Waals surface area contributed by atoms with Crippen LogP contribution in [0.25, 0.3) is 0 Å². The highest BCUT2D eigenvalue weighted by Crippen LogP contribution is 2.22. The number of amides is 1. The zero-order valence-electron chi connectivity index (χ0n) is 11.5. The molecule has 0 atom stereocenters. The van der Waals surface area contributed by atoms with Crippen LogP contribution in [0.3, 0.4) is 0 Å². The van der Waals surface area contributed by atoms with Crippen molar-refractivity contribution < 1.29 is 9.53 Å². The number of carbonyl (C=O) groups is 1. The molecule has 1 rings (SSSR count). The van der Waals surface area contributed by atoms with E-state index in [0.717, 1.165) is 4.86 Å². The molecule has 0 aromatic carbocycles. The summed E-state index contributed by atoms with van der Waals surface area (Å²) in [6, 6.07) is 0. The Bertz CT molecular complexity index is 393. The van der Waals surface area contributed by atoms with Gasteiger partial charge in [0.2, 0.25) is 0 Å². The third-order valence-electron chi connectivity index (χ3n) is 2.89. The second-order valence-corrected chi connectivity index (χ2v) is 5.17. The maximum absolute atomic E-state index is 12.3. The molecule has 0 N–H and O–H groups in total. The summed E-state index contributed by atoms with van der Waals surface area (Å²) in [6.07, 6.45) is 6.41. The predicted molar refractivity (Wildman–Crippen MR) is 77.5 cm³/mol. The molecule has 0 radical (unpaired) electrons. The smallest absolute Gasteiger partial charge is 0.266 e. The van der Waals surface area contributed by atoms with Gasteiger partial charge in [0.25, 0.3) is 5.91 Å². The second kappa shape index (κ2) is 6.14. The largest absolute Gasteiger partial charge is 0.477 e. The van der Waals surface area contributed by atoms with Crippen LogP contribution < -0.4 is 0 Å². The summed E-state index contributed by atoms with van der Waals surface area (Å²) in [6.45, 7) is 8.87. The molecule has 18 heavy (non-hydrogen) atoms. The van der Waals surface area contributed by atoms with E-state index >= 15 is 0 Å². The fourth-order valence-corrected chi connectivity index (χ4v) is 2.03. The van der Waals surface area contributed by atoms with Crippen molar-refractivity contribution in [3.63, 3.8) is 0 Å². The number of likely N-dealkylation sites (N-methyl/N-ethyl adjacent to an activating group) is 1. The lowest BCUT2D eigenvalue weighted by Crippen LogP contribution is -2.47. The van der Waals surface area contributed by atoms with Gasteiger partial charge in [-0.2, -0.15) is 0 Å². The molecule has 0 saturated carbocycles. The van der Waals surface area contributed by atoms with Crippen LogP contribution in [-0.2, 0) is 9.53 Å². The molecule has 1 amide bonds. The SMILES string of the molecule is CCN(CC)C(=O)C(C)(C)OC1=CC=CCC1=S. The van der Waals surface area contributed by atoms with Gasteiger partial charge in [-0.1, -0.05) is 24.4 Å². The Balaban J connectivity index is 2.80. The number of carbonyl (C=O) groups excluding carboxylic acids is 1. The fraction of sp³-hybridized carbons (Fsp3) is 0.571. The first-order valence-electron chi connectivity index (χ1n) is 6.30. The Morgan fingerprint density at radius 1 is 1.44 bits per heavy atom. The zero-order valence-corrected chi connectivity index (χ0v) is 12.3. The molecule has 0 unspecified atom stereocenters. The first-order chi connectivity index (χ1) is 8.42. The number of rotatable bonds is 5. The van der Waals surface area contributed by atoms with Crippen molar-refractivity contribution in [3.8, 4) is 0 Å². The average molecular weight is 267 g/mol. The van der Waals surface area contributed by atoms with Crippen LogP contribution in [0.5, 0.6) is 0 Å². The number of thiocarbonyl (C=S) groups is 1. The van der Waals surface area contributed by atoms with E-state index in [4.69, 9.17) is 17.0 Å². The number of hydrogen-bond acceptors (Lipinski definition) is 3. The number of nitrogens with zero attached hydrogens (tertiary/aromatic N) is 1. The summed E-state index contributed by atoms with van der Waals surface area (Å²) in [7, 11) is 0. The minimum atomic E-state index is -0.882. The van der Waals surface area contributed by atoms with Crippen molar-refractivity contribution in [3.05, 3.63) is 24.0 Å². The molecule has 100 valence electrons. The highest BCUT2D eigenvalue weighted by molar-refractivity contribution is 7.80. The molecule has 3 nitrogen and oxygen atoms in total. The number of ether oxygens (including phenoxy) is 1. The molecular weight excluding hydrogens is 246 g/mol. The Morgan fingerprint density at radius 2 is 2.06 bits per heavy atom. The van der Waals surface area contributed by atoms with Crippen molar-refractivity contribution in [2.45, 2.75) is 39.7 Å². The fourth-order valence-electron chi connectivity index (χ4n) is 1.83. The standard InChI is InChI=1S/C14H21NO2S/c1-5-15(6-2)13(16)14(3,4)17-11-9-7-8-10-12(11)18/h7-9H,5-6,10H2,1-4H3. The first kappa shape index (κ1) is 14.9. The summed E-state index contributed by atoms with van der Waals surface area (Å²) in [4.78, 5) is 14.8. The van der Waals surface area contributed by atoms with Gasteiger partial charge in [-0.25, -0.2) is 0 Å². The highest BCUT2D eigenvalue weighted by atomic mass is 32.1. The van der Waals surface area contributed by atoms with E-state index in [2.05, 4.69) is 0 Å². The number of hydrogen-bond donors (Lipinski definition) is 0. The van der Waals surface area contributed by atoms with Gasteiger partial charge in [0.05, 0.1) is 4.86 Å². The molecule has 0 aliphatic heterocycles. The van der Waals surface area contributed by atoms with Crippen LogP contribution in [0.2, 0.25) is 0 Å². The van der Waals surface area contributed by atoms with Gasteiger partial charge in [0, 0.05) is 19.5 Å². The minimum absolute atomic E-state index is 0.00856. The van der Waals surface area contributed by atoms with E-state index in [1.165, 1.54) is 0 Å². The molecule has 0 heterocycles. The molecule has 1 aliphatic rings. The molecular formula is C14H21NO2S. The van der Waals surface area contributed by atoms with Gasteiger partial charge in [-0.05, 0) is 33.8 Å². The van der Waals surface area contributed by atoms with Crippen molar-refractivity contribution in [2.24, 2.45) is 0 Å². The quantitative estimate of drug-likeness (QED) is 0.717. The van der Waals surface area contributed by atoms with E-state index in [1.54, 1.807) is 18.7 Å². The third-order valence-corrected chi connectivity index (χ3v) is 3.26. The van der Waals surface area contributed by atoms with Gasteiger partial charge in [0.1, 0.15) is 5.76 Å². The Hall–Kier alpha value is -1.16. The molecule has 0 spiro atoms. The minimum Gasteiger partial charge on any atom is -0.477 e. The van der Waals surface area contributed by atoms with Crippen molar-refractivity contribution >= 4 is 23.0 Å². The topological polar surface area (TPSA) is 29.5 Å². The molecule has 0 fully saturated rings. The van der Waals surface area contributed by atoms with E-state index in [1.807, 2.05) is 32.1 Å². The van der Waals surface area contributed by atoms with Crippen molar-refractivity contribution in [1.82, 2.24) is 4.90 Å². The van der Waals surface area contributed by atoms with Crippen LogP contribution in [0.15, 0.2) is 24.0 Å².